The van der Waals surface area contributed by atoms with Crippen LogP contribution in [0.2, 0.25) is 0 Å². The van der Waals surface area contributed by atoms with Crippen LogP contribution in [-0.4, -0.2) is 20.7 Å². The van der Waals surface area contributed by atoms with Gasteiger partial charge < -0.3 is 9.44 Å². The Morgan fingerprint density at radius 2 is 1.94 bits per heavy atom. The fourth-order valence-corrected chi connectivity index (χ4v) is 4.44. The van der Waals surface area contributed by atoms with Gasteiger partial charge >= 0.3 is 0 Å². The Morgan fingerprint density at radius 3 is 2.55 bits per heavy atom. The van der Waals surface area contributed by atoms with E-state index in [-0.39, 0.29) is 6.61 Å². The van der Waals surface area contributed by atoms with Gasteiger partial charge in [0.05, 0.1) is 0 Å². The van der Waals surface area contributed by atoms with Crippen molar-refractivity contribution in [1.82, 2.24) is 9.71 Å². The van der Waals surface area contributed by atoms with Crippen LogP contribution in [0, 0.1) is 17.1 Å². The van der Waals surface area contributed by atoms with Crippen molar-refractivity contribution >= 4 is 17.8 Å². The third-order valence-electron chi connectivity index (χ3n) is 5.49. The van der Waals surface area contributed by atoms with E-state index in [2.05, 4.69) is 14.6 Å². The maximum absolute atomic E-state index is 14.5. The van der Waals surface area contributed by atoms with Crippen molar-refractivity contribution in [2.24, 2.45) is 5.92 Å². The summed E-state index contributed by atoms with van der Waals surface area (Å²) in [6.07, 6.45) is 8.18. The standard InChI is InChI=1S/C23H30FN3O3S/c1-22(2,3)31(28)27-23(11-8-17-4-5-17,19-9-12-26-13-10-19)20-6-7-21(24)18(14-20)15-29-30-16-25/h6-7,9-10,12-14,16-17,25,27H,4-5,8,11,15H2,1-3H3. The van der Waals surface area contributed by atoms with Crippen molar-refractivity contribution in [3.8, 4) is 0 Å². The van der Waals surface area contributed by atoms with Crippen LogP contribution in [0.4, 0.5) is 4.39 Å². The highest BCUT2D eigenvalue weighted by Gasteiger charge is 2.43. The van der Waals surface area contributed by atoms with Gasteiger partial charge in [-0.25, -0.2) is 4.39 Å². The number of halogens is 1. The van der Waals surface area contributed by atoms with Gasteiger partial charge in [0.15, 0.2) is 0 Å². The average molecular weight is 448 g/mol. The molecular formula is C23H30FN3O3S. The molecule has 3 rings (SSSR count). The molecule has 0 saturated heterocycles. The van der Waals surface area contributed by atoms with Gasteiger partial charge in [0, 0.05) is 29.3 Å². The summed E-state index contributed by atoms with van der Waals surface area (Å²) >= 11 is -1.37. The molecule has 1 fully saturated rings. The minimum Gasteiger partial charge on any atom is -0.598 e. The first-order valence-corrected chi connectivity index (χ1v) is 11.6. The summed E-state index contributed by atoms with van der Waals surface area (Å²) in [7, 11) is 0. The van der Waals surface area contributed by atoms with E-state index in [1.54, 1.807) is 24.5 Å². The van der Waals surface area contributed by atoms with Gasteiger partial charge in [-0.15, -0.1) is 4.72 Å². The summed E-state index contributed by atoms with van der Waals surface area (Å²) in [6, 6.07) is 8.68. The van der Waals surface area contributed by atoms with Gasteiger partial charge in [-0.1, -0.05) is 18.9 Å². The third kappa shape index (κ3) is 6.04. The topological polar surface area (TPSA) is 90.3 Å². The van der Waals surface area contributed by atoms with Crippen molar-refractivity contribution in [1.29, 1.82) is 5.41 Å². The highest BCUT2D eigenvalue weighted by atomic mass is 32.2. The lowest BCUT2D eigenvalue weighted by Gasteiger charge is -2.39. The van der Waals surface area contributed by atoms with Crippen molar-refractivity contribution in [3.05, 3.63) is 65.2 Å². The Morgan fingerprint density at radius 1 is 1.23 bits per heavy atom. The first kappa shape index (κ1) is 23.7. The predicted molar refractivity (Wildman–Crippen MR) is 119 cm³/mol. The smallest absolute Gasteiger partial charge is 0.212 e. The van der Waals surface area contributed by atoms with E-state index in [4.69, 9.17) is 10.3 Å². The van der Waals surface area contributed by atoms with E-state index >= 15 is 0 Å². The molecule has 168 valence electrons. The van der Waals surface area contributed by atoms with E-state index in [0.717, 1.165) is 17.5 Å². The summed E-state index contributed by atoms with van der Waals surface area (Å²) in [4.78, 5) is 13.5. The van der Waals surface area contributed by atoms with E-state index < -0.39 is 27.5 Å². The molecule has 1 heterocycles. The molecule has 1 aliphatic carbocycles. The fourth-order valence-electron chi connectivity index (χ4n) is 3.48. The molecule has 1 aromatic heterocycles. The number of pyridine rings is 1. The van der Waals surface area contributed by atoms with Gasteiger partial charge in [0.25, 0.3) is 0 Å². The number of hydrogen-bond donors (Lipinski definition) is 2. The highest BCUT2D eigenvalue weighted by molar-refractivity contribution is 7.90. The molecule has 2 unspecified atom stereocenters. The first-order valence-electron chi connectivity index (χ1n) is 10.4. The van der Waals surface area contributed by atoms with Gasteiger partial charge in [0.1, 0.15) is 22.7 Å². The van der Waals surface area contributed by atoms with E-state index in [1.165, 1.54) is 18.9 Å². The normalized spacial score (nSPS) is 17.1. The molecule has 1 saturated carbocycles. The molecule has 0 bridgehead atoms. The SMILES string of the molecule is CC(C)(C)[S+]([O-])NC(CCC1CC1)(c1ccncc1)c1ccc(F)c(COOC=N)c1. The molecule has 6 nitrogen and oxygen atoms in total. The number of nitrogens with zero attached hydrogens (tertiary/aromatic N) is 1. The quantitative estimate of drug-likeness (QED) is 0.129. The lowest BCUT2D eigenvalue weighted by atomic mass is 9.79. The minimum absolute atomic E-state index is 0.146. The summed E-state index contributed by atoms with van der Waals surface area (Å²) in [5.41, 5.74) is 1.24. The molecule has 0 radical (unpaired) electrons. The molecule has 0 amide bonds. The molecule has 1 aromatic carbocycles. The molecule has 0 aliphatic heterocycles. The fraction of sp³-hybridized carbons (Fsp3) is 0.478. The van der Waals surface area contributed by atoms with Crippen molar-refractivity contribution in [3.63, 3.8) is 0 Å². The third-order valence-corrected chi connectivity index (χ3v) is 7.14. The Kier molecular flexibility index (Phi) is 7.69. The zero-order valence-electron chi connectivity index (χ0n) is 18.2. The second kappa shape index (κ2) is 10.1. The molecule has 1 aliphatic rings. The van der Waals surface area contributed by atoms with Crippen LogP contribution in [0.1, 0.15) is 63.1 Å². The number of benzene rings is 1. The van der Waals surface area contributed by atoms with Crippen LogP contribution in [0.5, 0.6) is 0 Å². The van der Waals surface area contributed by atoms with Crippen LogP contribution in [0.3, 0.4) is 0 Å². The Hall–Kier alpha value is -2.00. The number of hydrogen-bond acceptors (Lipinski definition) is 6. The van der Waals surface area contributed by atoms with Gasteiger partial charge in [-0.3, -0.25) is 10.4 Å². The summed E-state index contributed by atoms with van der Waals surface area (Å²) in [5.74, 6) is 0.232. The molecule has 2 aromatic rings. The molecule has 31 heavy (non-hydrogen) atoms. The van der Waals surface area contributed by atoms with Crippen LogP contribution >= 0.6 is 0 Å². The van der Waals surface area contributed by atoms with Crippen LogP contribution in [0.15, 0.2) is 42.7 Å². The van der Waals surface area contributed by atoms with Crippen LogP contribution in [-0.2, 0) is 33.3 Å². The second-order valence-electron chi connectivity index (χ2n) is 8.89. The van der Waals surface area contributed by atoms with Crippen molar-refractivity contribution in [2.75, 3.05) is 0 Å². The zero-order valence-corrected chi connectivity index (χ0v) is 19.0. The van der Waals surface area contributed by atoms with E-state index in [9.17, 15) is 8.94 Å². The lowest BCUT2D eigenvalue weighted by Crippen LogP contribution is -2.52. The van der Waals surface area contributed by atoms with Crippen molar-refractivity contribution < 1.29 is 18.7 Å². The molecular weight excluding hydrogens is 417 g/mol. The predicted octanol–water partition coefficient (Wildman–Crippen LogP) is 4.76. The first-order chi connectivity index (χ1) is 14.8. The second-order valence-corrected chi connectivity index (χ2v) is 10.9. The Labute approximate surface area is 186 Å². The van der Waals surface area contributed by atoms with Crippen LogP contribution in [0.25, 0.3) is 0 Å². The molecule has 8 heteroatoms. The largest absolute Gasteiger partial charge is 0.598 e. The lowest BCUT2D eigenvalue weighted by molar-refractivity contribution is -0.228. The monoisotopic (exact) mass is 447 g/mol. The zero-order chi connectivity index (χ0) is 22.5. The summed E-state index contributed by atoms with van der Waals surface area (Å²) in [5, 5.41) is 6.90. The summed E-state index contributed by atoms with van der Waals surface area (Å²) < 4.78 is 30.7. The number of aromatic nitrogens is 1. The van der Waals surface area contributed by atoms with Gasteiger partial charge in [-0.05, 0) is 74.9 Å². The maximum Gasteiger partial charge on any atom is 0.212 e. The molecule has 0 spiro atoms. The van der Waals surface area contributed by atoms with Crippen LogP contribution < -0.4 is 4.72 Å². The average Bonchev–Trinajstić information content (AvgIpc) is 3.57. The molecule has 2 N–H and O–H groups in total. The van der Waals surface area contributed by atoms with Crippen molar-refractivity contribution in [2.45, 2.75) is 63.3 Å². The number of rotatable bonds is 11. The minimum atomic E-state index is -1.37. The van der Waals surface area contributed by atoms with Gasteiger partial charge in [-0.2, -0.15) is 4.89 Å². The summed E-state index contributed by atoms with van der Waals surface area (Å²) in [6.45, 7) is 5.62. The highest BCUT2D eigenvalue weighted by Crippen LogP contribution is 2.42. The Balaban J connectivity index is 2.08. The van der Waals surface area contributed by atoms with E-state index in [0.29, 0.717) is 24.3 Å². The number of nitrogens with one attached hydrogen (secondary N) is 2. The maximum atomic E-state index is 14.5. The van der Waals surface area contributed by atoms with Gasteiger partial charge in [0.2, 0.25) is 6.40 Å². The molecule has 2 atom stereocenters. The van der Waals surface area contributed by atoms with E-state index in [1.807, 2.05) is 32.9 Å². The Bertz CT molecular complexity index is 874.